The predicted octanol–water partition coefficient (Wildman–Crippen LogP) is 0.759. The first-order valence-corrected chi connectivity index (χ1v) is 7.41. The fourth-order valence-corrected chi connectivity index (χ4v) is 2.24. The van der Waals surface area contributed by atoms with Crippen LogP contribution in [0.5, 0.6) is 0 Å². The highest BCUT2D eigenvalue weighted by Gasteiger charge is 2.25. The van der Waals surface area contributed by atoms with E-state index >= 15 is 0 Å². The van der Waals surface area contributed by atoms with Crippen LogP contribution in [0.25, 0.3) is 0 Å². The van der Waals surface area contributed by atoms with Gasteiger partial charge in [-0.25, -0.2) is 0 Å². The standard InChI is InChI=1S/C14H29NO4/c1-3-17-9-6-15(7-10-18-4-2)11-14(16)13-5-8-19-12-13/h13-14,16H,3-12H2,1-2H3. The molecule has 0 aromatic heterocycles. The van der Waals surface area contributed by atoms with Crippen LogP contribution in [0.4, 0.5) is 0 Å². The Labute approximate surface area is 116 Å². The maximum atomic E-state index is 10.2. The molecule has 5 heteroatoms. The molecule has 2 unspecified atom stereocenters. The van der Waals surface area contributed by atoms with Crippen molar-refractivity contribution in [3.63, 3.8) is 0 Å². The second kappa shape index (κ2) is 10.6. The van der Waals surface area contributed by atoms with Crippen LogP contribution in [0.2, 0.25) is 0 Å². The van der Waals surface area contributed by atoms with Crippen LogP contribution in [-0.2, 0) is 14.2 Å². The zero-order chi connectivity index (χ0) is 13.9. The van der Waals surface area contributed by atoms with Gasteiger partial charge in [0.2, 0.25) is 0 Å². The van der Waals surface area contributed by atoms with Gasteiger partial charge in [0, 0.05) is 45.4 Å². The van der Waals surface area contributed by atoms with Gasteiger partial charge in [0.15, 0.2) is 0 Å². The van der Waals surface area contributed by atoms with E-state index < -0.39 is 0 Å². The number of rotatable bonds is 11. The van der Waals surface area contributed by atoms with Crippen molar-refractivity contribution in [2.75, 3.05) is 59.3 Å². The van der Waals surface area contributed by atoms with Crippen molar-refractivity contribution >= 4 is 0 Å². The first-order valence-electron chi connectivity index (χ1n) is 7.41. The molecule has 5 nitrogen and oxygen atoms in total. The van der Waals surface area contributed by atoms with E-state index in [9.17, 15) is 5.11 Å². The Morgan fingerprint density at radius 1 is 1.21 bits per heavy atom. The van der Waals surface area contributed by atoms with Gasteiger partial charge in [0.1, 0.15) is 0 Å². The molecule has 0 aliphatic carbocycles. The first-order chi connectivity index (χ1) is 9.27. The molecule has 1 aliphatic heterocycles. The van der Waals surface area contributed by atoms with Crippen LogP contribution in [-0.4, -0.2) is 75.4 Å². The monoisotopic (exact) mass is 275 g/mol. The maximum absolute atomic E-state index is 10.2. The average Bonchev–Trinajstić information content (AvgIpc) is 2.93. The Balaban J connectivity index is 2.28. The van der Waals surface area contributed by atoms with E-state index in [-0.39, 0.29) is 12.0 Å². The molecule has 0 radical (unpaired) electrons. The van der Waals surface area contributed by atoms with Crippen molar-refractivity contribution in [3.05, 3.63) is 0 Å². The molecule has 0 bridgehead atoms. The maximum Gasteiger partial charge on any atom is 0.0718 e. The van der Waals surface area contributed by atoms with Crippen molar-refractivity contribution in [1.82, 2.24) is 4.90 Å². The van der Waals surface area contributed by atoms with E-state index in [2.05, 4.69) is 4.90 Å². The van der Waals surface area contributed by atoms with E-state index in [0.717, 1.165) is 39.3 Å². The third-order valence-electron chi connectivity index (χ3n) is 3.47. The van der Waals surface area contributed by atoms with Gasteiger partial charge in [-0.15, -0.1) is 0 Å². The first kappa shape index (κ1) is 16.9. The Bertz CT molecular complexity index is 200. The minimum Gasteiger partial charge on any atom is -0.391 e. The molecule has 0 aromatic carbocycles. The minimum absolute atomic E-state index is 0.279. The summed E-state index contributed by atoms with van der Waals surface area (Å²) < 4.78 is 16.1. The lowest BCUT2D eigenvalue weighted by molar-refractivity contribution is 0.0289. The molecule has 0 saturated carbocycles. The molecule has 1 fully saturated rings. The third kappa shape index (κ3) is 7.22. The van der Waals surface area contributed by atoms with Gasteiger partial charge in [-0.2, -0.15) is 0 Å². The highest BCUT2D eigenvalue weighted by Crippen LogP contribution is 2.17. The average molecular weight is 275 g/mol. The number of aliphatic hydroxyl groups excluding tert-OH is 1. The van der Waals surface area contributed by atoms with E-state index in [0.29, 0.717) is 26.4 Å². The van der Waals surface area contributed by atoms with E-state index in [1.54, 1.807) is 0 Å². The highest BCUT2D eigenvalue weighted by atomic mass is 16.5. The Kier molecular flexibility index (Phi) is 9.38. The highest BCUT2D eigenvalue weighted by molar-refractivity contribution is 4.76. The van der Waals surface area contributed by atoms with Gasteiger partial charge < -0.3 is 19.3 Å². The molecule has 0 aromatic rings. The van der Waals surface area contributed by atoms with E-state index in [1.165, 1.54) is 0 Å². The van der Waals surface area contributed by atoms with Gasteiger partial charge in [-0.05, 0) is 20.3 Å². The molecule has 19 heavy (non-hydrogen) atoms. The topological polar surface area (TPSA) is 51.2 Å². The normalized spacial score (nSPS) is 21.2. The summed E-state index contributed by atoms with van der Waals surface area (Å²) in [6.07, 6.45) is 0.650. The molecule has 0 spiro atoms. The van der Waals surface area contributed by atoms with Gasteiger partial charge in [0.05, 0.1) is 25.9 Å². The van der Waals surface area contributed by atoms with Crippen LogP contribution in [0.15, 0.2) is 0 Å². The molecule has 2 atom stereocenters. The summed E-state index contributed by atoms with van der Waals surface area (Å²) in [7, 11) is 0. The van der Waals surface area contributed by atoms with Gasteiger partial charge >= 0.3 is 0 Å². The van der Waals surface area contributed by atoms with E-state index in [1.807, 2.05) is 13.8 Å². The summed E-state index contributed by atoms with van der Waals surface area (Å²) in [5.41, 5.74) is 0. The van der Waals surface area contributed by atoms with E-state index in [4.69, 9.17) is 14.2 Å². The molecule has 1 aliphatic rings. The van der Waals surface area contributed by atoms with Crippen LogP contribution in [0, 0.1) is 5.92 Å². The Morgan fingerprint density at radius 2 is 1.84 bits per heavy atom. The Hall–Kier alpha value is -0.200. The van der Waals surface area contributed by atoms with Gasteiger partial charge in [-0.1, -0.05) is 0 Å². The smallest absolute Gasteiger partial charge is 0.0718 e. The largest absolute Gasteiger partial charge is 0.391 e. The molecule has 1 rings (SSSR count). The van der Waals surface area contributed by atoms with Crippen LogP contribution < -0.4 is 0 Å². The number of hydrogen-bond donors (Lipinski definition) is 1. The second-order valence-corrected chi connectivity index (χ2v) is 4.89. The second-order valence-electron chi connectivity index (χ2n) is 4.89. The van der Waals surface area contributed by atoms with Crippen molar-refractivity contribution < 1.29 is 19.3 Å². The molecular weight excluding hydrogens is 246 g/mol. The Morgan fingerprint density at radius 3 is 2.32 bits per heavy atom. The quantitative estimate of drug-likeness (QED) is 0.564. The minimum atomic E-state index is -0.314. The summed E-state index contributed by atoms with van der Waals surface area (Å²) in [5.74, 6) is 0.279. The summed E-state index contributed by atoms with van der Waals surface area (Å²) in [4.78, 5) is 2.22. The third-order valence-corrected chi connectivity index (χ3v) is 3.47. The van der Waals surface area contributed by atoms with Gasteiger partial charge in [-0.3, -0.25) is 4.90 Å². The number of nitrogens with zero attached hydrogens (tertiary/aromatic N) is 1. The lowest BCUT2D eigenvalue weighted by atomic mass is 10.0. The molecule has 1 saturated heterocycles. The lowest BCUT2D eigenvalue weighted by Gasteiger charge is -2.27. The van der Waals surface area contributed by atoms with Gasteiger partial charge in [0.25, 0.3) is 0 Å². The summed E-state index contributed by atoms with van der Waals surface area (Å²) in [5, 5.41) is 10.2. The molecule has 1 N–H and O–H groups in total. The molecular formula is C14H29NO4. The fraction of sp³-hybridized carbons (Fsp3) is 1.00. The fourth-order valence-electron chi connectivity index (χ4n) is 2.24. The number of ether oxygens (including phenoxy) is 3. The summed E-state index contributed by atoms with van der Waals surface area (Å²) >= 11 is 0. The van der Waals surface area contributed by atoms with Crippen molar-refractivity contribution in [2.45, 2.75) is 26.4 Å². The SMILES string of the molecule is CCOCCN(CCOCC)CC(O)C1CCOC1. The summed E-state index contributed by atoms with van der Waals surface area (Å²) in [6, 6.07) is 0. The molecule has 114 valence electrons. The van der Waals surface area contributed by atoms with Crippen molar-refractivity contribution in [2.24, 2.45) is 5.92 Å². The zero-order valence-corrected chi connectivity index (χ0v) is 12.3. The molecule has 0 amide bonds. The number of hydrogen-bond acceptors (Lipinski definition) is 5. The number of aliphatic hydroxyl groups is 1. The summed E-state index contributed by atoms with van der Waals surface area (Å²) in [6.45, 7) is 10.7. The zero-order valence-electron chi connectivity index (χ0n) is 12.3. The predicted molar refractivity (Wildman–Crippen MR) is 74.4 cm³/mol. The van der Waals surface area contributed by atoms with Crippen LogP contribution >= 0.6 is 0 Å². The van der Waals surface area contributed by atoms with Crippen LogP contribution in [0.1, 0.15) is 20.3 Å². The molecule has 1 heterocycles. The lowest BCUT2D eigenvalue weighted by Crippen LogP contribution is -2.40. The van der Waals surface area contributed by atoms with Crippen LogP contribution in [0.3, 0.4) is 0 Å². The van der Waals surface area contributed by atoms with Crippen molar-refractivity contribution in [1.29, 1.82) is 0 Å². The van der Waals surface area contributed by atoms with Crippen molar-refractivity contribution in [3.8, 4) is 0 Å².